The van der Waals surface area contributed by atoms with E-state index < -0.39 is 30.9 Å². The third-order valence-electron chi connectivity index (χ3n) is 3.92. The van der Waals surface area contributed by atoms with Gasteiger partial charge >= 0.3 is 12.3 Å². The Morgan fingerprint density at radius 2 is 2.04 bits per heavy atom. The van der Waals surface area contributed by atoms with Crippen LogP contribution >= 0.6 is 0 Å². The largest absolute Gasteiger partial charge is 0.490 e. The van der Waals surface area contributed by atoms with Crippen LogP contribution in [0.15, 0.2) is 18.2 Å². The van der Waals surface area contributed by atoms with Crippen molar-refractivity contribution in [3.63, 3.8) is 0 Å². The van der Waals surface area contributed by atoms with Gasteiger partial charge in [0.25, 0.3) is 0 Å². The van der Waals surface area contributed by atoms with E-state index >= 15 is 0 Å². The molecular weight excluding hydrogens is 315 g/mol. The monoisotopic (exact) mass is 331 g/mol. The van der Waals surface area contributed by atoms with Crippen molar-refractivity contribution in [1.82, 2.24) is 0 Å². The van der Waals surface area contributed by atoms with Gasteiger partial charge in [0.15, 0.2) is 0 Å². The number of benzene rings is 1. The molecule has 23 heavy (non-hydrogen) atoms. The molecule has 2 heterocycles. The van der Waals surface area contributed by atoms with E-state index in [2.05, 4.69) is 0 Å². The number of hydrogen-bond donors (Lipinski definition) is 1. The van der Waals surface area contributed by atoms with Crippen molar-refractivity contribution < 1.29 is 32.5 Å². The van der Waals surface area contributed by atoms with E-state index in [1.807, 2.05) is 0 Å². The maximum Gasteiger partial charge on any atom is 0.414 e. The molecule has 0 bridgehead atoms. The van der Waals surface area contributed by atoms with Crippen LogP contribution in [0.2, 0.25) is 0 Å². The standard InChI is InChI=1S/C15H16F3NO4/c16-15(17,18)4-3-11-6-9-5-10(1-2-13(9)22-11)19-7-12(8-20)23-14(19)21/h1-2,5,11-12,20H,3-4,6-8H2/t11?,12-/m1/s1. The minimum atomic E-state index is -4.19. The normalized spacial score (nSPS) is 23.7. The Morgan fingerprint density at radius 3 is 2.70 bits per heavy atom. The summed E-state index contributed by atoms with van der Waals surface area (Å²) in [5, 5.41) is 9.05. The number of anilines is 1. The first kappa shape index (κ1) is 15.9. The Hall–Kier alpha value is -1.96. The highest BCUT2D eigenvalue weighted by atomic mass is 19.4. The minimum Gasteiger partial charge on any atom is -0.490 e. The first-order valence-electron chi connectivity index (χ1n) is 7.31. The SMILES string of the molecule is O=C1O[C@@H](CO)CN1c1ccc2c(c1)CC(CCC(F)(F)F)O2. The van der Waals surface area contributed by atoms with Crippen molar-refractivity contribution in [2.24, 2.45) is 0 Å². The molecule has 126 valence electrons. The molecule has 1 unspecified atom stereocenters. The quantitative estimate of drug-likeness (QED) is 0.921. The van der Waals surface area contributed by atoms with Gasteiger partial charge in [-0.25, -0.2) is 4.79 Å². The highest BCUT2D eigenvalue weighted by Crippen LogP contribution is 2.36. The van der Waals surface area contributed by atoms with Gasteiger partial charge in [0.05, 0.1) is 13.2 Å². The van der Waals surface area contributed by atoms with E-state index in [-0.39, 0.29) is 19.6 Å². The first-order valence-corrected chi connectivity index (χ1v) is 7.31. The van der Waals surface area contributed by atoms with Gasteiger partial charge in [-0.3, -0.25) is 4.90 Å². The number of carbonyl (C=O) groups excluding carboxylic acids is 1. The molecule has 0 saturated carbocycles. The van der Waals surface area contributed by atoms with Crippen molar-refractivity contribution in [1.29, 1.82) is 0 Å². The number of cyclic esters (lactones) is 1. The molecule has 2 aliphatic heterocycles. The molecule has 0 spiro atoms. The van der Waals surface area contributed by atoms with Crippen LogP contribution in [0.4, 0.5) is 23.7 Å². The number of halogens is 3. The Labute approximate surface area is 130 Å². The van der Waals surface area contributed by atoms with E-state index in [0.717, 1.165) is 5.56 Å². The van der Waals surface area contributed by atoms with E-state index in [1.54, 1.807) is 18.2 Å². The highest BCUT2D eigenvalue weighted by Gasteiger charge is 2.34. The van der Waals surface area contributed by atoms with Gasteiger partial charge in [-0.05, 0) is 30.2 Å². The van der Waals surface area contributed by atoms with Crippen LogP contribution in [0, 0.1) is 0 Å². The molecule has 0 radical (unpaired) electrons. The summed E-state index contributed by atoms with van der Waals surface area (Å²) in [6.07, 6.45) is -6.39. The highest BCUT2D eigenvalue weighted by molar-refractivity contribution is 5.90. The minimum absolute atomic E-state index is 0.0914. The van der Waals surface area contributed by atoms with E-state index in [0.29, 0.717) is 17.9 Å². The fourth-order valence-corrected chi connectivity index (χ4v) is 2.79. The van der Waals surface area contributed by atoms with Crippen molar-refractivity contribution in [3.8, 4) is 5.75 Å². The van der Waals surface area contributed by atoms with Crippen molar-refractivity contribution >= 4 is 11.8 Å². The molecule has 5 nitrogen and oxygen atoms in total. The summed E-state index contributed by atoms with van der Waals surface area (Å²) >= 11 is 0. The number of aliphatic hydroxyl groups is 1. The maximum absolute atomic E-state index is 12.3. The molecule has 2 atom stereocenters. The van der Waals surface area contributed by atoms with Crippen LogP contribution in [-0.2, 0) is 11.2 Å². The lowest BCUT2D eigenvalue weighted by Gasteiger charge is -2.13. The fraction of sp³-hybridized carbons (Fsp3) is 0.533. The number of rotatable bonds is 4. The van der Waals surface area contributed by atoms with Gasteiger partial charge in [0, 0.05) is 18.5 Å². The Bertz CT molecular complexity index is 605. The lowest BCUT2D eigenvalue weighted by molar-refractivity contribution is -0.138. The van der Waals surface area contributed by atoms with Crippen LogP contribution in [0.3, 0.4) is 0 Å². The van der Waals surface area contributed by atoms with Gasteiger partial charge in [0.1, 0.15) is 18.0 Å². The summed E-state index contributed by atoms with van der Waals surface area (Å²) in [4.78, 5) is 13.2. The summed E-state index contributed by atoms with van der Waals surface area (Å²) in [6.45, 7) is -0.0116. The molecule has 1 fully saturated rings. The van der Waals surface area contributed by atoms with E-state index in [4.69, 9.17) is 14.6 Å². The van der Waals surface area contributed by atoms with Crippen molar-refractivity contribution in [2.45, 2.75) is 37.6 Å². The molecule has 1 amide bonds. The topological polar surface area (TPSA) is 59.0 Å². The van der Waals surface area contributed by atoms with Crippen LogP contribution in [0.25, 0.3) is 0 Å². The molecule has 2 aliphatic rings. The molecule has 1 N–H and O–H groups in total. The average Bonchev–Trinajstić information content (AvgIpc) is 3.06. The molecule has 1 aromatic carbocycles. The number of ether oxygens (including phenoxy) is 2. The second-order valence-electron chi connectivity index (χ2n) is 5.69. The number of alkyl halides is 3. The van der Waals surface area contributed by atoms with Gasteiger partial charge in [-0.15, -0.1) is 0 Å². The first-order chi connectivity index (χ1) is 10.9. The van der Waals surface area contributed by atoms with Crippen molar-refractivity contribution in [3.05, 3.63) is 23.8 Å². The second-order valence-corrected chi connectivity index (χ2v) is 5.69. The number of hydrogen-bond acceptors (Lipinski definition) is 4. The molecule has 0 aliphatic carbocycles. The molecule has 8 heteroatoms. The van der Waals surface area contributed by atoms with Crippen LogP contribution < -0.4 is 9.64 Å². The van der Waals surface area contributed by atoms with Crippen LogP contribution in [0.1, 0.15) is 18.4 Å². The van der Waals surface area contributed by atoms with Crippen molar-refractivity contribution in [2.75, 3.05) is 18.1 Å². The Morgan fingerprint density at radius 1 is 1.26 bits per heavy atom. The number of carbonyl (C=O) groups is 1. The fourth-order valence-electron chi connectivity index (χ4n) is 2.79. The zero-order valence-corrected chi connectivity index (χ0v) is 12.2. The third-order valence-corrected chi connectivity index (χ3v) is 3.92. The third kappa shape index (κ3) is 3.52. The summed E-state index contributed by atoms with van der Waals surface area (Å²) < 4.78 is 47.3. The molecule has 3 rings (SSSR count). The second kappa shape index (κ2) is 5.92. The predicted octanol–water partition coefficient (Wildman–Crippen LogP) is 2.65. The van der Waals surface area contributed by atoms with Crippen LogP contribution in [0.5, 0.6) is 5.75 Å². The number of fused-ring (bicyclic) bond motifs is 1. The molecule has 1 saturated heterocycles. The lowest BCUT2D eigenvalue weighted by Crippen LogP contribution is -2.25. The van der Waals surface area contributed by atoms with Gasteiger partial charge in [-0.1, -0.05) is 0 Å². The summed E-state index contributed by atoms with van der Waals surface area (Å²) in [7, 11) is 0. The Balaban J connectivity index is 1.67. The molecular formula is C15H16F3NO4. The number of nitrogens with zero attached hydrogens (tertiary/aromatic N) is 1. The summed E-state index contributed by atoms with van der Waals surface area (Å²) in [5.74, 6) is 0.548. The zero-order valence-electron chi connectivity index (χ0n) is 12.2. The van der Waals surface area contributed by atoms with E-state index in [1.165, 1.54) is 4.90 Å². The molecule has 1 aromatic rings. The summed E-state index contributed by atoms with van der Waals surface area (Å²) in [6, 6.07) is 5.04. The summed E-state index contributed by atoms with van der Waals surface area (Å²) in [5.41, 5.74) is 1.36. The van der Waals surface area contributed by atoms with E-state index in [9.17, 15) is 18.0 Å². The smallest absolute Gasteiger partial charge is 0.414 e. The van der Waals surface area contributed by atoms with Gasteiger partial charge < -0.3 is 14.6 Å². The van der Waals surface area contributed by atoms with Gasteiger partial charge in [0.2, 0.25) is 0 Å². The number of amides is 1. The molecule has 0 aromatic heterocycles. The maximum atomic E-state index is 12.3. The van der Waals surface area contributed by atoms with Crippen LogP contribution in [-0.4, -0.2) is 42.7 Å². The zero-order chi connectivity index (χ0) is 16.6. The van der Waals surface area contributed by atoms with Gasteiger partial charge in [-0.2, -0.15) is 13.2 Å². The average molecular weight is 331 g/mol. The Kier molecular flexibility index (Phi) is 4.09. The predicted molar refractivity (Wildman–Crippen MR) is 74.6 cm³/mol. The number of aliphatic hydroxyl groups excluding tert-OH is 1. The lowest BCUT2D eigenvalue weighted by atomic mass is 10.1.